The summed E-state index contributed by atoms with van der Waals surface area (Å²) in [4.78, 5) is 11.7. The third-order valence-electron chi connectivity index (χ3n) is 2.53. The second kappa shape index (κ2) is 6.77. The first kappa shape index (κ1) is 14.2. The van der Waals surface area contributed by atoms with Crippen LogP contribution in [0.4, 0.5) is 0 Å². The van der Waals surface area contributed by atoms with Crippen molar-refractivity contribution in [3.63, 3.8) is 0 Å². The van der Waals surface area contributed by atoms with Gasteiger partial charge in [0.25, 0.3) is 0 Å². The average Bonchev–Trinajstić information content (AvgIpc) is 2.63. The van der Waals surface area contributed by atoms with E-state index in [9.17, 15) is 4.79 Å². The number of aromatic nitrogens is 2. The monoisotopic (exact) mass is 258 g/mol. The van der Waals surface area contributed by atoms with Crippen LogP contribution in [-0.2, 0) is 28.9 Å². The molecule has 0 radical (unpaired) electrons. The Balaban J connectivity index is 2.81. The highest BCUT2D eigenvalue weighted by atomic mass is 35.5. The first-order chi connectivity index (χ1) is 8.13. The third-order valence-corrected chi connectivity index (χ3v) is 2.96. The number of hydrogen-bond donors (Lipinski definition) is 0. The number of ketones is 1. The van der Waals surface area contributed by atoms with Crippen molar-refractivity contribution in [2.24, 2.45) is 0 Å². The second-order valence-electron chi connectivity index (χ2n) is 3.73. The predicted molar refractivity (Wildman–Crippen MR) is 67.5 cm³/mol. The Kier molecular flexibility index (Phi) is 5.65. The minimum Gasteiger partial charge on any atom is -0.374 e. The van der Waals surface area contributed by atoms with Crippen LogP contribution in [0.5, 0.6) is 0 Å². The molecule has 4 nitrogen and oxygen atoms in total. The Morgan fingerprint density at radius 3 is 2.65 bits per heavy atom. The van der Waals surface area contributed by atoms with Crippen LogP contribution in [0.25, 0.3) is 0 Å². The van der Waals surface area contributed by atoms with Crippen LogP contribution >= 0.6 is 11.6 Å². The molecule has 0 aliphatic heterocycles. The minimum atomic E-state index is 0.0333. The highest BCUT2D eigenvalue weighted by molar-refractivity contribution is 6.32. The first-order valence-electron chi connectivity index (χ1n) is 5.97. The molecule has 96 valence electrons. The number of nitrogens with zero attached hydrogens (tertiary/aromatic N) is 2. The molecule has 5 heteroatoms. The van der Waals surface area contributed by atoms with Crippen molar-refractivity contribution in [1.82, 2.24) is 9.78 Å². The second-order valence-corrected chi connectivity index (χ2v) is 4.11. The van der Waals surface area contributed by atoms with Crippen molar-refractivity contribution in [2.45, 2.75) is 40.2 Å². The van der Waals surface area contributed by atoms with Crippen molar-refractivity contribution in [3.8, 4) is 0 Å². The van der Waals surface area contributed by atoms with E-state index in [0.717, 1.165) is 24.4 Å². The first-order valence-corrected chi connectivity index (χ1v) is 6.35. The molecule has 0 atom stereocenters. The molecule has 1 aromatic heterocycles. The fourth-order valence-electron chi connectivity index (χ4n) is 1.64. The van der Waals surface area contributed by atoms with Crippen molar-refractivity contribution in [2.75, 3.05) is 13.2 Å². The molecule has 1 rings (SSSR count). The molecule has 0 bridgehead atoms. The van der Waals surface area contributed by atoms with Gasteiger partial charge in [-0.05, 0) is 20.3 Å². The van der Waals surface area contributed by atoms with Crippen LogP contribution < -0.4 is 0 Å². The lowest BCUT2D eigenvalue weighted by atomic mass is 10.2. The Labute approximate surface area is 107 Å². The Bertz CT molecular complexity index is 388. The highest BCUT2D eigenvalue weighted by Crippen LogP contribution is 2.22. The van der Waals surface area contributed by atoms with Crippen LogP contribution in [0.2, 0.25) is 5.02 Å². The standard InChI is InChI=1S/C12H19ClN2O2/c1-4-10-12(13)11(15(5-2)14-10)7-9(16)8-17-6-3/h4-8H2,1-3H3. The summed E-state index contributed by atoms with van der Waals surface area (Å²) in [6, 6.07) is 0. The average molecular weight is 259 g/mol. The van der Waals surface area contributed by atoms with E-state index in [1.54, 1.807) is 4.68 Å². The van der Waals surface area contributed by atoms with Crippen LogP contribution in [0.1, 0.15) is 32.2 Å². The lowest BCUT2D eigenvalue weighted by Gasteiger charge is -2.04. The maximum absolute atomic E-state index is 11.7. The number of aryl methyl sites for hydroxylation is 2. The number of carbonyl (C=O) groups is 1. The molecule has 0 spiro atoms. The SMILES string of the molecule is CCOCC(=O)Cc1c(Cl)c(CC)nn1CC. The molecular formula is C12H19ClN2O2. The quantitative estimate of drug-likeness (QED) is 0.754. The largest absolute Gasteiger partial charge is 0.374 e. The number of carbonyl (C=O) groups excluding carboxylic acids is 1. The van der Waals surface area contributed by atoms with E-state index >= 15 is 0 Å². The van der Waals surface area contributed by atoms with E-state index in [1.807, 2.05) is 20.8 Å². The molecule has 0 unspecified atom stereocenters. The van der Waals surface area contributed by atoms with Crippen molar-refractivity contribution in [1.29, 1.82) is 0 Å². The summed E-state index contributed by atoms with van der Waals surface area (Å²) in [5, 5.41) is 5.00. The lowest BCUT2D eigenvalue weighted by molar-refractivity contribution is -0.122. The molecule has 0 fully saturated rings. The van der Waals surface area contributed by atoms with Gasteiger partial charge in [-0.1, -0.05) is 18.5 Å². The smallest absolute Gasteiger partial charge is 0.164 e. The molecule has 0 aliphatic rings. The summed E-state index contributed by atoms with van der Waals surface area (Å²) in [6.07, 6.45) is 1.07. The predicted octanol–water partition coefficient (Wildman–Crippen LogP) is 2.27. The zero-order valence-corrected chi connectivity index (χ0v) is 11.4. The van der Waals surface area contributed by atoms with Gasteiger partial charge in [0.1, 0.15) is 6.61 Å². The molecule has 1 heterocycles. The van der Waals surface area contributed by atoms with E-state index in [2.05, 4.69) is 5.10 Å². The van der Waals surface area contributed by atoms with Crippen molar-refractivity contribution < 1.29 is 9.53 Å². The number of Topliss-reactive ketones (excluding diaryl/α,β-unsaturated/α-hetero) is 1. The Morgan fingerprint density at radius 2 is 2.12 bits per heavy atom. The van der Waals surface area contributed by atoms with Gasteiger partial charge in [-0.15, -0.1) is 0 Å². The maximum atomic E-state index is 11.7. The van der Waals surface area contributed by atoms with Gasteiger partial charge in [0.2, 0.25) is 0 Å². The van der Waals surface area contributed by atoms with Crippen LogP contribution in [0, 0.1) is 0 Å². The highest BCUT2D eigenvalue weighted by Gasteiger charge is 2.16. The fraction of sp³-hybridized carbons (Fsp3) is 0.667. The van der Waals surface area contributed by atoms with Gasteiger partial charge in [0.05, 0.1) is 22.8 Å². The van der Waals surface area contributed by atoms with Gasteiger partial charge in [0.15, 0.2) is 5.78 Å². The summed E-state index contributed by atoms with van der Waals surface area (Å²) in [7, 11) is 0. The van der Waals surface area contributed by atoms with Gasteiger partial charge >= 0.3 is 0 Å². The fourth-order valence-corrected chi connectivity index (χ4v) is 1.98. The van der Waals surface area contributed by atoms with Crippen LogP contribution in [0.3, 0.4) is 0 Å². The van der Waals surface area contributed by atoms with Gasteiger partial charge in [-0.3, -0.25) is 9.48 Å². The van der Waals surface area contributed by atoms with Gasteiger partial charge < -0.3 is 4.74 Å². The Morgan fingerprint density at radius 1 is 1.41 bits per heavy atom. The summed E-state index contributed by atoms with van der Waals surface area (Å²) in [5.74, 6) is 0.0333. The molecule has 0 saturated heterocycles. The molecule has 1 aromatic rings. The van der Waals surface area contributed by atoms with Gasteiger partial charge in [-0.2, -0.15) is 5.10 Å². The summed E-state index contributed by atoms with van der Waals surface area (Å²) in [5.41, 5.74) is 1.66. The van der Waals surface area contributed by atoms with E-state index < -0.39 is 0 Å². The van der Waals surface area contributed by atoms with Gasteiger partial charge in [0, 0.05) is 13.2 Å². The zero-order chi connectivity index (χ0) is 12.8. The molecule has 0 aliphatic carbocycles. The van der Waals surface area contributed by atoms with Gasteiger partial charge in [-0.25, -0.2) is 0 Å². The van der Waals surface area contributed by atoms with Crippen molar-refractivity contribution in [3.05, 3.63) is 16.4 Å². The van der Waals surface area contributed by atoms with Crippen molar-refractivity contribution >= 4 is 17.4 Å². The third kappa shape index (κ3) is 3.54. The molecule has 0 aromatic carbocycles. The van der Waals surface area contributed by atoms with E-state index in [4.69, 9.17) is 16.3 Å². The van der Waals surface area contributed by atoms with Crippen LogP contribution in [0.15, 0.2) is 0 Å². The zero-order valence-electron chi connectivity index (χ0n) is 10.6. The molecule has 0 saturated carbocycles. The minimum absolute atomic E-state index is 0.0333. The van der Waals surface area contributed by atoms with E-state index in [0.29, 0.717) is 18.1 Å². The maximum Gasteiger partial charge on any atom is 0.164 e. The van der Waals surface area contributed by atoms with Crippen LogP contribution in [-0.4, -0.2) is 28.8 Å². The topological polar surface area (TPSA) is 44.1 Å². The summed E-state index contributed by atoms with van der Waals surface area (Å²) >= 11 is 6.21. The van der Waals surface area contributed by atoms with E-state index in [-0.39, 0.29) is 12.4 Å². The molecule has 0 amide bonds. The number of hydrogen-bond acceptors (Lipinski definition) is 3. The van der Waals surface area contributed by atoms with E-state index in [1.165, 1.54) is 0 Å². The molecule has 0 N–H and O–H groups in total. The molecule has 17 heavy (non-hydrogen) atoms. The molecular weight excluding hydrogens is 240 g/mol. The summed E-state index contributed by atoms with van der Waals surface area (Å²) < 4.78 is 6.89. The number of ether oxygens (including phenoxy) is 1. The normalized spacial score (nSPS) is 10.8. The number of halogens is 1. The summed E-state index contributed by atoms with van der Waals surface area (Å²) in [6.45, 7) is 7.26. The lowest BCUT2D eigenvalue weighted by Crippen LogP contribution is -2.14. The Hall–Kier alpha value is -0.870. The number of rotatable bonds is 7.